The second kappa shape index (κ2) is 4.49. The summed E-state index contributed by atoms with van der Waals surface area (Å²) in [5.41, 5.74) is 2.65. The Labute approximate surface area is 91.4 Å². The molecule has 0 heterocycles. The second-order valence-electron chi connectivity index (χ2n) is 5.88. The van der Waals surface area contributed by atoms with E-state index in [2.05, 4.69) is 31.6 Å². The summed E-state index contributed by atoms with van der Waals surface area (Å²) in [4.78, 5) is 10.3. The van der Waals surface area contributed by atoms with Gasteiger partial charge in [0.15, 0.2) is 0 Å². The Bertz CT molecular complexity index is 231. The van der Waals surface area contributed by atoms with Gasteiger partial charge in [0.2, 0.25) is 6.41 Å². The first-order valence-electron chi connectivity index (χ1n) is 5.47. The molecule has 4 heteroatoms. The van der Waals surface area contributed by atoms with Crippen molar-refractivity contribution in [3.8, 4) is 0 Å². The fourth-order valence-corrected chi connectivity index (χ4v) is 3.15. The minimum atomic E-state index is 0.0725. The Morgan fingerprint density at radius 3 is 2.60 bits per heavy atom. The van der Waals surface area contributed by atoms with E-state index in [1.165, 1.54) is 0 Å². The van der Waals surface area contributed by atoms with E-state index in [4.69, 9.17) is 5.21 Å². The highest BCUT2D eigenvalue weighted by atomic mass is 16.5. The molecule has 0 aromatic rings. The van der Waals surface area contributed by atoms with Crippen LogP contribution in [0.2, 0.25) is 0 Å². The molecule has 0 saturated heterocycles. The average Bonchev–Trinajstić information content (AvgIpc) is 2.12. The van der Waals surface area contributed by atoms with Gasteiger partial charge in [0.1, 0.15) is 0 Å². The molecule has 1 aliphatic rings. The first kappa shape index (κ1) is 12.5. The maximum absolute atomic E-state index is 10.3. The molecule has 0 aromatic carbocycles. The largest absolute Gasteiger partial charge is 0.358 e. The van der Waals surface area contributed by atoms with Crippen molar-refractivity contribution >= 4 is 6.41 Å². The Morgan fingerprint density at radius 2 is 2.07 bits per heavy atom. The van der Waals surface area contributed by atoms with Gasteiger partial charge in [0.25, 0.3) is 0 Å². The molecule has 0 spiro atoms. The summed E-state index contributed by atoms with van der Waals surface area (Å²) in [6, 6.07) is 0.132. The summed E-state index contributed by atoms with van der Waals surface area (Å²) >= 11 is 0. The third kappa shape index (κ3) is 3.47. The predicted octanol–water partition coefficient (Wildman–Crippen LogP) is 1.30. The summed E-state index contributed by atoms with van der Waals surface area (Å²) in [5.74, 6) is 0. The van der Waals surface area contributed by atoms with E-state index >= 15 is 0 Å². The molecule has 0 aromatic heterocycles. The SMILES string of the molecule is CC1(C)CC(NO)CC(C)(CNC=O)C1. The van der Waals surface area contributed by atoms with E-state index in [1.807, 2.05) is 0 Å². The molecule has 4 nitrogen and oxygen atoms in total. The van der Waals surface area contributed by atoms with Gasteiger partial charge in [0, 0.05) is 12.6 Å². The smallest absolute Gasteiger partial charge is 0.207 e. The van der Waals surface area contributed by atoms with E-state index in [0.717, 1.165) is 25.7 Å². The van der Waals surface area contributed by atoms with Crippen molar-refractivity contribution in [2.45, 2.75) is 46.1 Å². The molecular formula is C11H22N2O2. The van der Waals surface area contributed by atoms with Gasteiger partial charge in [-0.1, -0.05) is 20.8 Å². The van der Waals surface area contributed by atoms with Gasteiger partial charge in [-0.2, -0.15) is 0 Å². The summed E-state index contributed by atoms with van der Waals surface area (Å²) < 4.78 is 0. The summed E-state index contributed by atoms with van der Waals surface area (Å²) in [6.07, 6.45) is 3.68. The van der Waals surface area contributed by atoms with Crippen molar-refractivity contribution in [2.75, 3.05) is 6.54 Å². The highest BCUT2D eigenvalue weighted by Gasteiger charge is 2.40. The highest BCUT2D eigenvalue weighted by molar-refractivity contribution is 5.45. The predicted molar refractivity (Wildman–Crippen MR) is 58.5 cm³/mol. The van der Waals surface area contributed by atoms with Gasteiger partial charge < -0.3 is 10.5 Å². The van der Waals surface area contributed by atoms with Gasteiger partial charge in [-0.25, -0.2) is 5.48 Å². The molecule has 0 radical (unpaired) electrons. The Morgan fingerprint density at radius 1 is 1.40 bits per heavy atom. The van der Waals surface area contributed by atoms with Crippen molar-refractivity contribution < 1.29 is 10.0 Å². The number of hydroxylamine groups is 1. The Balaban J connectivity index is 2.67. The molecule has 1 saturated carbocycles. The third-order valence-electron chi connectivity index (χ3n) is 3.24. The molecule has 88 valence electrons. The van der Waals surface area contributed by atoms with Crippen LogP contribution in [-0.2, 0) is 4.79 Å². The molecular weight excluding hydrogens is 192 g/mol. The molecule has 0 aliphatic heterocycles. The van der Waals surface area contributed by atoms with E-state index in [1.54, 1.807) is 0 Å². The third-order valence-corrected chi connectivity index (χ3v) is 3.24. The van der Waals surface area contributed by atoms with Crippen LogP contribution in [0.1, 0.15) is 40.0 Å². The van der Waals surface area contributed by atoms with Gasteiger partial charge in [-0.05, 0) is 30.1 Å². The Hall–Kier alpha value is -0.610. The minimum Gasteiger partial charge on any atom is -0.358 e. The number of carbonyl (C=O) groups excluding carboxylic acids is 1. The van der Waals surface area contributed by atoms with Crippen LogP contribution in [0.3, 0.4) is 0 Å². The standard InChI is InChI=1S/C11H22N2O2/c1-10(2)4-9(13-15)5-11(3,6-10)7-12-8-14/h8-9,13,15H,4-7H2,1-3H3,(H,12,14). The van der Waals surface area contributed by atoms with Crippen molar-refractivity contribution in [1.29, 1.82) is 0 Å². The maximum Gasteiger partial charge on any atom is 0.207 e. The lowest BCUT2D eigenvalue weighted by molar-refractivity contribution is -0.110. The normalized spacial score (nSPS) is 34.8. The number of hydrogen-bond acceptors (Lipinski definition) is 3. The quantitative estimate of drug-likeness (QED) is 0.488. The Kier molecular flexibility index (Phi) is 3.73. The molecule has 1 fully saturated rings. The molecule has 0 bridgehead atoms. The van der Waals surface area contributed by atoms with Crippen molar-refractivity contribution in [2.24, 2.45) is 10.8 Å². The van der Waals surface area contributed by atoms with E-state index in [-0.39, 0.29) is 16.9 Å². The molecule has 1 rings (SSSR count). The topological polar surface area (TPSA) is 61.4 Å². The zero-order chi connectivity index (χ0) is 11.5. The fraction of sp³-hybridized carbons (Fsp3) is 0.909. The van der Waals surface area contributed by atoms with Crippen molar-refractivity contribution in [3.63, 3.8) is 0 Å². The van der Waals surface area contributed by atoms with Crippen LogP contribution in [0, 0.1) is 10.8 Å². The number of rotatable bonds is 4. The van der Waals surface area contributed by atoms with Gasteiger partial charge in [0.05, 0.1) is 0 Å². The van der Waals surface area contributed by atoms with Gasteiger partial charge in [-0.15, -0.1) is 0 Å². The number of carbonyl (C=O) groups is 1. The van der Waals surface area contributed by atoms with Crippen LogP contribution in [0.25, 0.3) is 0 Å². The number of hydrogen-bond donors (Lipinski definition) is 3. The molecule has 15 heavy (non-hydrogen) atoms. The minimum absolute atomic E-state index is 0.0725. The first-order chi connectivity index (χ1) is 6.91. The molecule has 3 N–H and O–H groups in total. The zero-order valence-electron chi connectivity index (χ0n) is 9.84. The number of amides is 1. The van der Waals surface area contributed by atoms with Crippen molar-refractivity contribution in [1.82, 2.24) is 10.8 Å². The van der Waals surface area contributed by atoms with Crippen LogP contribution >= 0.6 is 0 Å². The molecule has 1 aliphatic carbocycles. The summed E-state index contributed by atoms with van der Waals surface area (Å²) in [6.45, 7) is 7.25. The van der Waals surface area contributed by atoms with E-state index in [9.17, 15) is 4.79 Å². The maximum atomic E-state index is 10.3. The van der Waals surface area contributed by atoms with Crippen LogP contribution < -0.4 is 10.8 Å². The first-order valence-corrected chi connectivity index (χ1v) is 5.47. The average molecular weight is 214 g/mol. The fourth-order valence-electron chi connectivity index (χ4n) is 3.15. The van der Waals surface area contributed by atoms with Crippen molar-refractivity contribution in [3.05, 3.63) is 0 Å². The van der Waals surface area contributed by atoms with Gasteiger partial charge in [-0.3, -0.25) is 4.79 Å². The van der Waals surface area contributed by atoms with E-state index < -0.39 is 0 Å². The van der Waals surface area contributed by atoms with Gasteiger partial charge >= 0.3 is 0 Å². The second-order valence-corrected chi connectivity index (χ2v) is 5.88. The lowest BCUT2D eigenvalue weighted by atomic mass is 9.63. The summed E-state index contributed by atoms with van der Waals surface area (Å²) in [5, 5.41) is 11.8. The lowest BCUT2D eigenvalue weighted by Crippen LogP contribution is -2.47. The lowest BCUT2D eigenvalue weighted by Gasteiger charge is -2.46. The molecule has 1 amide bonds. The molecule has 2 unspecified atom stereocenters. The van der Waals surface area contributed by atoms with Crippen LogP contribution in [0.5, 0.6) is 0 Å². The molecule has 2 atom stereocenters. The van der Waals surface area contributed by atoms with Crippen LogP contribution in [-0.4, -0.2) is 24.2 Å². The monoisotopic (exact) mass is 214 g/mol. The van der Waals surface area contributed by atoms with E-state index in [0.29, 0.717) is 6.54 Å². The summed E-state index contributed by atoms with van der Waals surface area (Å²) in [7, 11) is 0. The number of nitrogens with one attached hydrogen (secondary N) is 2. The van der Waals surface area contributed by atoms with Crippen LogP contribution in [0.4, 0.5) is 0 Å². The van der Waals surface area contributed by atoms with Crippen LogP contribution in [0.15, 0.2) is 0 Å². The zero-order valence-corrected chi connectivity index (χ0v) is 9.84. The highest BCUT2D eigenvalue weighted by Crippen LogP contribution is 2.45.